The summed E-state index contributed by atoms with van der Waals surface area (Å²) < 4.78 is 5.42. The average Bonchev–Trinajstić information content (AvgIpc) is 2.74. The van der Waals surface area contributed by atoms with Crippen LogP contribution in [0.5, 0.6) is 0 Å². The van der Waals surface area contributed by atoms with E-state index in [9.17, 15) is 4.79 Å². The van der Waals surface area contributed by atoms with E-state index in [0.29, 0.717) is 6.16 Å². The number of carbonyl (C=O) groups excluding carboxylic acids is 1. The molecule has 0 aliphatic heterocycles. The van der Waals surface area contributed by atoms with E-state index in [1.807, 2.05) is 54.6 Å². The van der Waals surface area contributed by atoms with Crippen LogP contribution in [0.4, 0.5) is 0 Å². The standard InChI is InChI=1S/C24H22O2P/c1-2-3-19-26-24(25)20-27(21-13-7-4-8-14-21,22-15-9-5-10-16-22)23-17-11-6-12-18-23/h4-18H,19-20H2,1H3/q+1. The van der Waals surface area contributed by atoms with Gasteiger partial charge in [-0.3, -0.25) is 0 Å². The minimum Gasteiger partial charge on any atom is -0.450 e. The van der Waals surface area contributed by atoms with E-state index in [1.54, 1.807) is 6.92 Å². The van der Waals surface area contributed by atoms with E-state index in [1.165, 1.54) is 15.9 Å². The number of hydrogen-bond acceptors (Lipinski definition) is 2. The summed E-state index contributed by atoms with van der Waals surface area (Å²) in [4.78, 5) is 12.8. The third-order valence-electron chi connectivity index (χ3n) is 4.44. The average molecular weight is 373 g/mol. The Bertz CT molecular complexity index is 829. The first-order valence-electron chi connectivity index (χ1n) is 8.87. The van der Waals surface area contributed by atoms with E-state index in [4.69, 9.17) is 4.74 Å². The number of rotatable bonds is 6. The molecule has 0 unspecified atom stereocenters. The van der Waals surface area contributed by atoms with Crippen molar-refractivity contribution in [2.75, 3.05) is 12.8 Å². The first-order chi connectivity index (χ1) is 13.3. The Hall–Kier alpha value is -2.88. The Morgan fingerprint density at radius 2 is 1.19 bits per heavy atom. The topological polar surface area (TPSA) is 26.3 Å². The van der Waals surface area contributed by atoms with Crippen molar-refractivity contribution in [3.8, 4) is 11.8 Å². The first kappa shape index (κ1) is 18.9. The van der Waals surface area contributed by atoms with Crippen LogP contribution < -0.4 is 15.9 Å². The third-order valence-corrected chi connectivity index (χ3v) is 8.71. The highest BCUT2D eigenvalue weighted by Gasteiger charge is 2.47. The summed E-state index contributed by atoms with van der Waals surface area (Å²) >= 11 is 0. The van der Waals surface area contributed by atoms with Gasteiger partial charge < -0.3 is 4.74 Å². The van der Waals surface area contributed by atoms with Crippen LogP contribution in [0.25, 0.3) is 0 Å². The van der Waals surface area contributed by atoms with Gasteiger partial charge in [0.15, 0.2) is 12.8 Å². The minimum atomic E-state index is -2.18. The van der Waals surface area contributed by atoms with Gasteiger partial charge in [0.1, 0.15) is 23.2 Å². The van der Waals surface area contributed by atoms with Gasteiger partial charge in [0.2, 0.25) is 0 Å². The van der Waals surface area contributed by atoms with Crippen molar-refractivity contribution in [2.24, 2.45) is 0 Å². The lowest BCUT2D eigenvalue weighted by molar-refractivity contribution is -0.139. The first-order valence-corrected chi connectivity index (χ1v) is 10.8. The van der Waals surface area contributed by atoms with Crippen molar-refractivity contribution in [3.63, 3.8) is 0 Å². The van der Waals surface area contributed by atoms with Crippen molar-refractivity contribution in [1.29, 1.82) is 0 Å². The van der Waals surface area contributed by atoms with Crippen LogP contribution in [0.2, 0.25) is 0 Å². The number of esters is 1. The van der Waals surface area contributed by atoms with Crippen molar-refractivity contribution in [3.05, 3.63) is 91.0 Å². The van der Waals surface area contributed by atoms with Crippen LogP contribution in [0.3, 0.4) is 0 Å². The molecule has 3 rings (SSSR count). The molecule has 0 spiro atoms. The quantitative estimate of drug-likeness (QED) is 0.375. The summed E-state index contributed by atoms with van der Waals surface area (Å²) in [7, 11) is -2.18. The van der Waals surface area contributed by atoms with E-state index in [-0.39, 0.29) is 12.6 Å². The van der Waals surface area contributed by atoms with Gasteiger partial charge in [-0.2, -0.15) is 0 Å². The molecule has 3 aromatic carbocycles. The molecule has 27 heavy (non-hydrogen) atoms. The monoisotopic (exact) mass is 373 g/mol. The van der Waals surface area contributed by atoms with Crippen molar-refractivity contribution in [2.45, 2.75) is 6.92 Å². The molecule has 0 N–H and O–H groups in total. The molecule has 0 radical (unpaired) electrons. The summed E-state index contributed by atoms with van der Waals surface area (Å²) in [6.07, 6.45) is 0.316. The predicted molar refractivity (Wildman–Crippen MR) is 114 cm³/mol. The number of benzene rings is 3. The molecule has 0 saturated heterocycles. The van der Waals surface area contributed by atoms with Gasteiger partial charge in [0.05, 0.1) is 0 Å². The summed E-state index contributed by atoms with van der Waals surface area (Å²) in [5, 5.41) is 3.50. The lowest BCUT2D eigenvalue weighted by atomic mass is 10.4. The summed E-state index contributed by atoms with van der Waals surface area (Å²) in [5.74, 6) is 5.35. The second kappa shape index (κ2) is 9.17. The molecular formula is C24H22O2P+. The molecule has 0 fully saturated rings. The maximum atomic E-state index is 12.8. The van der Waals surface area contributed by atoms with Crippen LogP contribution in [-0.2, 0) is 9.53 Å². The highest BCUT2D eigenvalue weighted by molar-refractivity contribution is 7.96. The van der Waals surface area contributed by atoms with Gasteiger partial charge in [-0.05, 0) is 43.3 Å². The van der Waals surface area contributed by atoms with Crippen molar-refractivity contribution >= 4 is 29.1 Å². The molecule has 0 saturated carbocycles. The highest BCUT2D eigenvalue weighted by Crippen LogP contribution is 2.55. The zero-order valence-electron chi connectivity index (χ0n) is 15.3. The van der Waals surface area contributed by atoms with E-state index in [0.717, 1.165) is 0 Å². The number of carbonyl (C=O) groups is 1. The molecule has 0 heterocycles. The fraction of sp³-hybridized carbons (Fsp3) is 0.125. The van der Waals surface area contributed by atoms with Gasteiger partial charge in [0.25, 0.3) is 0 Å². The SMILES string of the molecule is CC#CCOC(=O)C[P+](c1ccccc1)(c1ccccc1)c1ccccc1. The van der Waals surface area contributed by atoms with Crippen LogP contribution in [0.15, 0.2) is 91.0 Å². The normalized spacial score (nSPS) is 10.6. The Morgan fingerprint density at radius 1 is 0.778 bits per heavy atom. The molecule has 3 heteroatoms. The zero-order chi connectivity index (χ0) is 19.0. The smallest absolute Gasteiger partial charge is 0.346 e. The molecule has 3 aromatic rings. The van der Waals surface area contributed by atoms with Gasteiger partial charge in [-0.25, -0.2) is 4.79 Å². The lowest BCUT2D eigenvalue weighted by Gasteiger charge is -2.26. The Morgan fingerprint density at radius 3 is 1.56 bits per heavy atom. The van der Waals surface area contributed by atoms with Crippen LogP contribution in [-0.4, -0.2) is 18.7 Å². The Balaban J connectivity index is 2.16. The van der Waals surface area contributed by atoms with Crippen molar-refractivity contribution < 1.29 is 9.53 Å². The van der Waals surface area contributed by atoms with Crippen molar-refractivity contribution in [1.82, 2.24) is 0 Å². The van der Waals surface area contributed by atoms with Gasteiger partial charge in [-0.15, -0.1) is 5.92 Å². The predicted octanol–water partition coefficient (Wildman–Crippen LogP) is 3.55. The van der Waals surface area contributed by atoms with Gasteiger partial charge in [0, 0.05) is 0 Å². The van der Waals surface area contributed by atoms with Gasteiger partial charge >= 0.3 is 5.97 Å². The Labute approximate surface area is 161 Å². The van der Waals surface area contributed by atoms with E-state index >= 15 is 0 Å². The highest BCUT2D eigenvalue weighted by atomic mass is 31.2. The molecule has 0 atom stereocenters. The summed E-state index contributed by atoms with van der Waals surface area (Å²) in [6.45, 7) is 1.87. The van der Waals surface area contributed by atoms with Gasteiger partial charge in [-0.1, -0.05) is 60.5 Å². The summed E-state index contributed by atoms with van der Waals surface area (Å²) in [6, 6.07) is 30.9. The molecular weight excluding hydrogens is 351 g/mol. The lowest BCUT2D eigenvalue weighted by Crippen LogP contribution is -2.36. The minimum absolute atomic E-state index is 0.133. The molecule has 0 amide bonds. The maximum Gasteiger partial charge on any atom is 0.346 e. The molecule has 0 aliphatic carbocycles. The molecule has 0 aromatic heterocycles. The molecule has 0 bridgehead atoms. The fourth-order valence-electron chi connectivity index (χ4n) is 3.20. The zero-order valence-corrected chi connectivity index (χ0v) is 16.2. The van der Waals surface area contributed by atoms with E-state index in [2.05, 4.69) is 48.2 Å². The molecule has 0 aliphatic rings. The second-order valence-corrected chi connectivity index (χ2v) is 9.55. The second-order valence-electron chi connectivity index (χ2n) is 6.06. The van der Waals surface area contributed by atoms with E-state index < -0.39 is 7.26 Å². The fourth-order valence-corrected chi connectivity index (χ4v) is 7.16. The molecule has 134 valence electrons. The van der Waals surface area contributed by atoms with Crippen LogP contribution in [0, 0.1) is 11.8 Å². The molecule has 2 nitrogen and oxygen atoms in total. The van der Waals surface area contributed by atoms with Crippen LogP contribution in [0.1, 0.15) is 6.92 Å². The van der Waals surface area contributed by atoms with Crippen LogP contribution >= 0.6 is 7.26 Å². The maximum absolute atomic E-state index is 12.8. The summed E-state index contributed by atoms with van der Waals surface area (Å²) in [5.41, 5.74) is 0. The largest absolute Gasteiger partial charge is 0.450 e. The third kappa shape index (κ3) is 4.27. The number of hydrogen-bond donors (Lipinski definition) is 0. The Kier molecular flexibility index (Phi) is 6.42. The number of ether oxygens (including phenoxy) is 1.